The standard InChI is InChI=1S/C13H18ClN3O2/c1-7(2)15-12(18)9(4)17-13(19)10-5-8(3)16-11(14)6-10/h5-7,9H,1-4H3,(H,15,18)(H,17,19). The van der Waals surface area contributed by atoms with Gasteiger partial charge < -0.3 is 10.6 Å². The molecular formula is C13H18ClN3O2. The number of hydrogen-bond acceptors (Lipinski definition) is 3. The normalized spacial score (nSPS) is 12.1. The van der Waals surface area contributed by atoms with E-state index in [1.54, 1.807) is 19.9 Å². The molecule has 0 aliphatic carbocycles. The van der Waals surface area contributed by atoms with Crippen molar-refractivity contribution in [2.45, 2.75) is 39.8 Å². The Balaban J connectivity index is 2.71. The molecular weight excluding hydrogens is 266 g/mol. The van der Waals surface area contributed by atoms with E-state index in [-0.39, 0.29) is 23.0 Å². The molecule has 2 N–H and O–H groups in total. The molecule has 0 saturated heterocycles. The van der Waals surface area contributed by atoms with E-state index >= 15 is 0 Å². The van der Waals surface area contributed by atoms with Crippen LogP contribution in [0.15, 0.2) is 12.1 Å². The summed E-state index contributed by atoms with van der Waals surface area (Å²) >= 11 is 5.79. The number of nitrogens with one attached hydrogen (secondary N) is 2. The van der Waals surface area contributed by atoms with E-state index in [0.29, 0.717) is 11.3 Å². The first-order chi connectivity index (χ1) is 8.79. The number of aromatic nitrogens is 1. The van der Waals surface area contributed by atoms with Gasteiger partial charge in [-0.05, 0) is 39.8 Å². The van der Waals surface area contributed by atoms with Crippen molar-refractivity contribution in [3.8, 4) is 0 Å². The van der Waals surface area contributed by atoms with Gasteiger partial charge in [-0.25, -0.2) is 4.98 Å². The molecule has 104 valence electrons. The van der Waals surface area contributed by atoms with Gasteiger partial charge in [-0.15, -0.1) is 0 Å². The van der Waals surface area contributed by atoms with Gasteiger partial charge in [-0.3, -0.25) is 9.59 Å². The fourth-order valence-electron chi connectivity index (χ4n) is 1.51. The van der Waals surface area contributed by atoms with Gasteiger partial charge in [0.1, 0.15) is 11.2 Å². The molecule has 5 nitrogen and oxygen atoms in total. The van der Waals surface area contributed by atoms with Crippen LogP contribution < -0.4 is 10.6 Å². The number of nitrogens with zero attached hydrogens (tertiary/aromatic N) is 1. The molecule has 19 heavy (non-hydrogen) atoms. The molecule has 2 amide bonds. The molecule has 1 heterocycles. The number of halogens is 1. The van der Waals surface area contributed by atoms with Crippen LogP contribution in [-0.4, -0.2) is 28.9 Å². The molecule has 0 bridgehead atoms. The van der Waals surface area contributed by atoms with Crippen LogP contribution in [0.1, 0.15) is 36.8 Å². The number of hydrogen-bond donors (Lipinski definition) is 2. The van der Waals surface area contributed by atoms with Gasteiger partial charge in [0.25, 0.3) is 5.91 Å². The SMILES string of the molecule is Cc1cc(C(=O)NC(C)C(=O)NC(C)C)cc(Cl)n1. The third-order valence-electron chi connectivity index (χ3n) is 2.36. The van der Waals surface area contributed by atoms with Crippen molar-refractivity contribution >= 4 is 23.4 Å². The van der Waals surface area contributed by atoms with E-state index in [2.05, 4.69) is 15.6 Å². The fourth-order valence-corrected chi connectivity index (χ4v) is 1.77. The molecule has 0 fully saturated rings. The lowest BCUT2D eigenvalue weighted by Crippen LogP contribution is -2.46. The number of rotatable bonds is 4. The Morgan fingerprint density at radius 1 is 1.21 bits per heavy atom. The molecule has 1 aromatic heterocycles. The summed E-state index contributed by atoms with van der Waals surface area (Å²) in [6, 6.07) is 2.51. The maximum atomic E-state index is 12.0. The van der Waals surface area contributed by atoms with Crippen molar-refractivity contribution in [3.63, 3.8) is 0 Å². The van der Waals surface area contributed by atoms with Crippen LogP contribution in [0.2, 0.25) is 5.15 Å². The van der Waals surface area contributed by atoms with E-state index in [0.717, 1.165) is 0 Å². The first-order valence-electron chi connectivity index (χ1n) is 6.05. The van der Waals surface area contributed by atoms with Gasteiger partial charge in [0.2, 0.25) is 5.91 Å². The molecule has 0 aliphatic rings. The van der Waals surface area contributed by atoms with Crippen LogP contribution in [-0.2, 0) is 4.79 Å². The fraction of sp³-hybridized carbons (Fsp3) is 0.462. The van der Waals surface area contributed by atoms with E-state index in [9.17, 15) is 9.59 Å². The van der Waals surface area contributed by atoms with Gasteiger partial charge in [0.05, 0.1) is 0 Å². The molecule has 1 unspecified atom stereocenters. The van der Waals surface area contributed by atoms with Crippen molar-refractivity contribution in [1.82, 2.24) is 15.6 Å². The maximum absolute atomic E-state index is 12.0. The number of pyridine rings is 1. The van der Waals surface area contributed by atoms with Crippen LogP contribution >= 0.6 is 11.6 Å². The van der Waals surface area contributed by atoms with Crippen LogP contribution in [0, 0.1) is 6.92 Å². The molecule has 0 radical (unpaired) electrons. The van der Waals surface area contributed by atoms with E-state index in [1.807, 2.05) is 13.8 Å². The molecule has 1 aromatic rings. The van der Waals surface area contributed by atoms with Crippen molar-refractivity contribution in [1.29, 1.82) is 0 Å². The lowest BCUT2D eigenvalue weighted by Gasteiger charge is -2.16. The predicted molar refractivity (Wildman–Crippen MR) is 74.2 cm³/mol. The van der Waals surface area contributed by atoms with Crippen LogP contribution in [0.4, 0.5) is 0 Å². The number of carbonyl (C=O) groups is 2. The van der Waals surface area contributed by atoms with Gasteiger partial charge >= 0.3 is 0 Å². The van der Waals surface area contributed by atoms with Crippen molar-refractivity contribution in [2.75, 3.05) is 0 Å². The topological polar surface area (TPSA) is 71.1 Å². The Morgan fingerprint density at radius 3 is 2.37 bits per heavy atom. The second kappa shape index (κ2) is 6.52. The number of carbonyl (C=O) groups excluding carboxylic acids is 2. The predicted octanol–water partition coefficient (Wildman–Crippen LogP) is 1.69. The van der Waals surface area contributed by atoms with Crippen molar-refractivity contribution < 1.29 is 9.59 Å². The molecule has 0 saturated carbocycles. The Morgan fingerprint density at radius 2 is 1.84 bits per heavy atom. The molecule has 0 spiro atoms. The van der Waals surface area contributed by atoms with Gasteiger partial charge in [0.15, 0.2) is 0 Å². The third-order valence-corrected chi connectivity index (χ3v) is 2.55. The molecule has 0 aromatic carbocycles. The second-order valence-corrected chi connectivity index (χ2v) is 5.07. The maximum Gasteiger partial charge on any atom is 0.252 e. The van der Waals surface area contributed by atoms with Gasteiger partial charge in [-0.1, -0.05) is 11.6 Å². The van der Waals surface area contributed by atoms with E-state index < -0.39 is 6.04 Å². The summed E-state index contributed by atoms with van der Waals surface area (Å²) in [5, 5.41) is 5.60. The first kappa shape index (κ1) is 15.4. The molecule has 1 rings (SSSR count). The Labute approximate surface area is 117 Å². The summed E-state index contributed by atoms with van der Waals surface area (Å²) in [6.45, 7) is 7.10. The molecule has 6 heteroatoms. The highest BCUT2D eigenvalue weighted by molar-refractivity contribution is 6.29. The van der Waals surface area contributed by atoms with Crippen LogP contribution in [0.25, 0.3) is 0 Å². The first-order valence-corrected chi connectivity index (χ1v) is 6.43. The Hall–Kier alpha value is -1.62. The zero-order chi connectivity index (χ0) is 14.6. The highest BCUT2D eigenvalue weighted by Gasteiger charge is 2.17. The quantitative estimate of drug-likeness (QED) is 0.826. The number of aryl methyl sites for hydroxylation is 1. The average molecular weight is 284 g/mol. The monoisotopic (exact) mass is 283 g/mol. The smallest absolute Gasteiger partial charge is 0.252 e. The second-order valence-electron chi connectivity index (χ2n) is 4.68. The minimum absolute atomic E-state index is 0.0319. The zero-order valence-corrected chi connectivity index (χ0v) is 12.2. The van der Waals surface area contributed by atoms with Crippen molar-refractivity contribution in [2.24, 2.45) is 0 Å². The minimum Gasteiger partial charge on any atom is -0.352 e. The summed E-state index contributed by atoms with van der Waals surface area (Å²) in [5.74, 6) is -0.570. The summed E-state index contributed by atoms with van der Waals surface area (Å²) in [5.41, 5.74) is 1.04. The lowest BCUT2D eigenvalue weighted by atomic mass is 10.2. The third kappa shape index (κ3) is 4.87. The van der Waals surface area contributed by atoms with Gasteiger partial charge in [-0.2, -0.15) is 0 Å². The van der Waals surface area contributed by atoms with Crippen LogP contribution in [0.5, 0.6) is 0 Å². The zero-order valence-electron chi connectivity index (χ0n) is 11.5. The summed E-state index contributed by atoms with van der Waals surface area (Å²) < 4.78 is 0. The van der Waals surface area contributed by atoms with Crippen molar-refractivity contribution in [3.05, 3.63) is 28.5 Å². The minimum atomic E-state index is -0.609. The van der Waals surface area contributed by atoms with E-state index in [1.165, 1.54) is 6.07 Å². The lowest BCUT2D eigenvalue weighted by molar-refractivity contribution is -0.123. The molecule has 0 aliphatic heterocycles. The highest BCUT2D eigenvalue weighted by atomic mass is 35.5. The average Bonchev–Trinajstić information content (AvgIpc) is 2.26. The Bertz CT molecular complexity index is 469. The molecule has 1 atom stereocenters. The van der Waals surface area contributed by atoms with E-state index in [4.69, 9.17) is 11.6 Å². The summed E-state index contributed by atoms with van der Waals surface area (Å²) in [6.07, 6.45) is 0. The number of amides is 2. The van der Waals surface area contributed by atoms with Gasteiger partial charge in [0, 0.05) is 17.3 Å². The Kier molecular flexibility index (Phi) is 5.30. The largest absolute Gasteiger partial charge is 0.352 e. The van der Waals surface area contributed by atoms with Crippen LogP contribution in [0.3, 0.4) is 0 Å². The summed E-state index contributed by atoms with van der Waals surface area (Å²) in [7, 11) is 0. The highest BCUT2D eigenvalue weighted by Crippen LogP contribution is 2.10. The summed E-state index contributed by atoms with van der Waals surface area (Å²) in [4.78, 5) is 27.6.